The van der Waals surface area contributed by atoms with E-state index in [2.05, 4.69) is 6.92 Å². The van der Waals surface area contributed by atoms with Crippen LogP contribution in [0, 0.1) is 16.0 Å². The summed E-state index contributed by atoms with van der Waals surface area (Å²) in [7, 11) is 1.67. The van der Waals surface area contributed by atoms with E-state index in [0.29, 0.717) is 12.5 Å². The Morgan fingerprint density at radius 1 is 1.40 bits per heavy atom. The molecule has 0 aliphatic carbocycles. The Bertz CT molecular complexity index is 321. The van der Waals surface area contributed by atoms with E-state index in [9.17, 15) is 10.1 Å². The predicted octanol–water partition coefficient (Wildman–Crippen LogP) is 2.42. The normalized spacial score (nSPS) is 12.4. The number of hydrogen-bond acceptors (Lipinski definition) is 3. The number of benzene rings is 1. The second kappa shape index (κ2) is 5.46. The van der Waals surface area contributed by atoms with Crippen LogP contribution in [0.2, 0.25) is 0 Å². The van der Waals surface area contributed by atoms with Gasteiger partial charge in [-0.25, -0.2) is 0 Å². The van der Waals surface area contributed by atoms with Crippen molar-refractivity contribution in [3.05, 3.63) is 39.9 Å². The highest BCUT2D eigenvalue weighted by atomic mass is 16.6. The van der Waals surface area contributed by atoms with E-state index in [1.807, 2.05) is 0 Å². The van der Waals surface area contributed by atoms with Crippen LogP contribution in [0.4, 0.5) is 5.69 Å². The molecule has 0 bridgehead atoms. The summed E-state index contributed by atoms with van der Waals surface area (Å²) in [6.45, 7) is 2.79. The standard InChI is InChI=1S/C11H15NO3/c1-9(8-15-2)7-10-3-5-11(6-4-10)12(13)14/h3-6,9H,7-8H2,1-2H3. The number of methoxy groups -OCH3 is 1. The van der Waals surface area contributed by atoms with Crippen LogP contribution in [-0.4, -0.2) is 18.6 Å². The Labute approximate surface area is 89.0 Å². The van der Waals surface area contributed by atoms with Gasteiger partial charge in [-0.2, -0.15) is 0 Å². The molecule has 1 aromatic carbocycles. The lowest BCUT2D eigenvalue weighted by Gasteiger charge is -2.09. The summed E-state index contributed by atoms with van der Waals surface area (Å²) in [6.07, 6.45) is 0.881. The monoisotopic (exact) mass is 209 g/mol. The van der Waals surface area contributed by atoms with Crippen molar-refractivity contribution < 1.29 is 9.66 Å². The summed E-state index contributed by atoms with van der Waals surface area (Å²) >= 11 is 0. The predicted molar refractivity (Wildman–Crippen MR) is 57.8 cm³/mol. The number of nitro benzene ring substituents is 1. The molecule has 1 atom stereocenters. The van der Waals surface area contributed by atoms with Crippen molar-refractivity contribution in [2.24, 2.45) is 5.92 Å². The fourth-order valence-corrected chi connectivity index (χ4v) is 1.50. The summed E-state index contributed by atoms with van der Waals surface area (Å²) < 4.78 is 5.03. The van der Waals surface area contributed by atoms with E-state index in [-0.39, 0.29) is 10.6 Å². The van der Waals surface area contributed by atoms with Crippen molar-refractivity contribution >= 4 is 5.69 Å². The van der Waals surface area contributed by atoms with E-state index in [0.717, 1.165) is 12.0 Å². The van der Waals surface area contributed by atoms with Crippen LogP contribution in [0.3, 0.4) is 0 Å². The second-order valence-electron chi connectivity index (χ2n) is 3.69. The third-order valence-corrected chi connectivity index (χ3v) is 2.18. The third-order valence-electron chi connectivity index (χ3n) is 2.18. The highest BCUT2D eigenvalue weighted by Crippen LogP contribution is 2.14. The van der Waals surface area contributed by atoms with Gasteiger partial charge in [-0.05, 0) is 17.9 Å². The van der Waals surface area contributed by atoms with E-state index in [1.54, 1.807) is 19.2 Å². The molecular weight excluding hydrogens is 194 g/mol. The quantitative estimate of drug-likeness (QED) is 0.552. The Balaban J connectivity index is 2.60. The van der Waals surface area contributed by atoms with Gasteiger partial charge in [-0.15, -0.1) is 0 Å². The van der Waals surface area contributed by atoms with Crippen molar-refractivity contribution in [3.63, 3.8) is 0 Å². The number of hydrogen-bond donors (Lipinski definition) is 0. The molecule has 0 fully saturated rings. The molecule has 0 radical (unpaired) electrons. The summed E-state index contributed by atoms with van der Waals surface area (Å²) in [5.74, 6) is 0.427. The zero-order valence-electron chi connectivity index (χ0n) is 8.97. The number of nitrogens with zero attached hydrogens (tertiary/aromatic N) is 1. The van der Waals surface area contributed by atoms with Crippen LogP contribution in [0.5, 0.6) is 0 Å². The van der Waals surface area contributed by atoms with Crippen molar-refractivity contribution in [1.82, 2.24) is 0 Å². The van der Waals surface area contributed by atoms with Crippen molar-refractivity contribution in [3.8, 4) is 0 Å². The average molecular weight is 209 g/mol. The van der Waals surface area contributed by atoms with Crippen LogP contribution in [-0.2, 0) is 11.2 Å². The smallest absolute Gasteiger partial charge is 0.269 e. The maximum atomic E-state index is 10.4. The molecule has 4 nitrogen and oxygen atoms in total. The lowest BCUT2D eigenvalue weighted by molar-refractivity contribution is -0.384. The third kappa shape index (κ3) is 3.67. The molecule has 0 N–H and O–H groups in total. The van der Waals surface area contributed by atoms with Gasteiger partial charge in [0, 0.05) is 25.8 Å². The minimum absolute atomic E-state index is 0.137. The molecule has 0 aliphatic rings. The molecule has 1 rings (SSSR count). The Morgan fingerprint density at radius 2 is 2.00 bits per heavy atom. The Hall–Kier alpha value is -1.42. The average Bonchev–Trinajstić information content (AvgIpc) is 2.18. The highest BCUT2D eigenvalue weighted by Gasteiger charge is 2.06. The molecule has 4 heteroatoms. The summed E-state index contributed by atoms with van der Waals surface area (Å²) in [5.41, 5.74) is 1.24. The minimum atomic E-state index is -0.387. The van der Waals surface area contributed by atoms with Gasteiger partial charge in [0.2, 0.25) is 0 Å². The molecule has 1 unspecified atom stereocenters. The molecule has 15 heavy (non-hydrogen) atoms. The molecular formula is C11H15NO3. The van der Waals surface area contributed by atoms with Gasteiger partial charge in [0.15, 0.2) is 0 Å². The first-order valence-corrected chi connectivity index (χ1v) is 4.85. The SMILES string of the molecule is COCC(C)Cc1ccc([N+](=O)[O-])cc1. The zero-order chi connectivity index (χ0) is 11.3. The fourth-order valence-electron chi connectivity index (χ4n) is 1.50. The molecule has 0 heterocycles. The van der Waals surface area contributed by atoms with Gasteiger partial charge >= 0.3 is 0 Å². The van der Waals surface area contributed by atoms with Crippen LogP contribution in [0.1, 0.15) is 12.5 Å². The second-order valence-corrected chi connectivity index (χ2v) is 3.69. The maximum Gasteiger partial charge on any atom is 0.269 e. The van der Waals surface area contributed by atoms with Crippen LogP contribution >= 0.6 is 0 Å². The number of non-ortho nitro benzene ring substituents is 1. The summed E-state index contributed by atoms with van der Waals surface area (Å²) in [6, 6.07) is 6.66. The molecule has 0 aromatic heterocycles. The molecule has 1 aromatic rings. The Kier molecular flexibility index (Phi) is 4.24. The van der Waals surface area contributed by atoms with Crippen molar-refractivity contribution in [2.75, 3.05) is 13.7 Å². The number of ether oxygens (including phenoxy) is 1. The highest BCUT2D eigenvalue weighted by molar-refractivity contribution is 5.32. The lowest BCUT2D eigenvalue weighted by Crippen LogP contribution is -2.06. The zero-order valence-corrected chi connectivity index (χ0v) is 8.97. The van der Waals surface area contributed by atoms with Gasteiger partial charge in [0.1, 0.15) is 0 Å². The minimum Gasteiger partial charge on any atom is -0.384 e. The lowest BCUT2D eigenvalue weighted by atomic mass is 10.0. The van der Waals surface area contributed by atoms with Crippen LogP contribution < -0.4 is 0 Å². The van der Waals surface area contributed by atoms with E-state index in [4.69, 9.17) is 4.74 Å². The molecule has 0 amide bonds. The topological polar surface area (TPSA) is 52.4 Å². The van der Waals surface area contributed by atoms with Gasteiger partial charge in [-0.1, -0.05) is 19.1 Å². The van der Waals surface area contributed by atoms with E-state index in [1.165, 1.54) is 12.1 Å². The first-order valence-electron chi connectivity index (χ1n) is 4.85. The Morgan fingerprint density at radius 3 is 2.47 bits per heavy atom. The first kappa shape index (κ1) is 11.7. The number of nitro groups is 1. The molecule has 0 saturated heterocycles. The molecule has 0 aliphatic heterocycles. The number of rotatable bonds is 5. The van der Waals surface area contributed by atoms with E-state index >= 15 is 0 Å². The summed E-state index contributed by atoms with van der Waals surface area (Å²) in [5, 5.41) is 10.4. The first-order chi connectivity index (χ1) is 7.13. The van der Waals surface area contributed by atoms with Gasteiger partial charge in [0.05, 0.1) is 4.92 Å². The molecule has 0 spiro atoms. The van der Waals surface area contributed by atoms with Gasteiger partial charge < -0.3 is 4.74 Å². The summed E-state index contributed by atoms with van der Waals surface area (Å²) in [4.78, 5) is 10.0. The molecule has 0 saturated carbocycles. The van der Waals surface area contributed by atoms with Crippen molar-refractivity contribution in [2.45, 2.75) is 13.3 Å². The van der Waals surface area contributed by atoms with E-state index < -0.39 is 0 Å². The largest absolute Gasteiger partial charge is 0.384 e. The van der Waals surface area contributed by atoms with Crippen LogP contribution in [0.15, 0.2) is 24.3 Å². The molecule has 82 valence electrons. The fraction of sp³-hybridized carbons (Fsp3) is 0.455. The van der Waals surface area contributed by atoms with Gasteiger partial charge in [0.25, 0.3) is 5.69 Å². The van der Waals surface area contributed by atoms with Crippen LogP contribution in [0.25, 0.3) is 0 Å². The maximum absolute atomic E-state index is 10.4. The van der Waals surface area contributed by atoms with Gasteiger partial charge in [-0.3, -0.25) is 10.1 Å². The van der Waals surface area contributed by atoms with Crippen molar-refractivity contribution in [1.29, 1.82) is 0 Å².